The Morgan fingerprint density at radius 1 is 1.17 bits per heavy atom. The van der Waals surface area contributed by atoms with Crippen LogP contribution in [-0.2, 0) is 16.1 Å². The van der Waals surface area contributed by atoms with E-state index in [4.69, 9.17) is 9.47 Å². The summed E-state index contributed by atoms with van der Waals surface area (Å²) >= 11 is 0. The molecule has 3 rings (SSSR count). The summed E-state index contributed by atoms with van der Waals surface area (Å²) in [7, 11) is 1.62. The molecular formula is C22H30N2O5. The van der Waals surface area contributed by atoms with Crippen molar-refractivity contribution < 1.29 is 24.2 Å². The number of likely N-dealkylation sites (tertiary alicyclic amines) is 1. The first-order valence-corrected chi connectivity index (χ1v) is 9.94. The Hall–Kier alpha value is -2.70. The predicted octanol–water partition coefficient (Wildman–Crippen LogP) is 3.64. The standard InChI is InChI=1S/C22H30N2O5/c1-21(2,3)29-20(27)23-11-9-22(10-12-23)14-17(25)13-19(26)24(22)15-16-5-7-18(28-4)8-6-16/h5-8,13,25H,9-12,14-15H2,1-4H3. The van der Waals surface area contributed by atoms with Crippen LogP contribution < -0.4 is 4.74 Å². The molecule has 0 atom stereocenters. The summed E-state index contributed by atoms with van der Waals surface area (Å²) in [5.74, 6) is 0.665. The van der Waals surface area contributed by atoms with Crippen LogP contribution in [0.4, 0.5) is 4.79 Å². The van der Waals surface area contributed by atoms with Crippen LogP contribution in [-0.4, -0.2) is 58.2 Å². The number of aliphatic hydroxyl groups is 1. The summed E-state index contributed by atoms with van der Waals surface area (Å²) in [6.07, 6.45) is 2.54. The number of hydrogen-bond acceptors (Lipinski definition) is 5. The number of aliphatic hydroxyl groups excluding tert-OH is 1. The fourth-order valence-corrected chi connectivity index (χ4v) is 3.98. The highest BCUT2D eigenvalue weighted by atomic mass is 16.6. The predicted molar refractivity (Wildman–Crippen MR) is 109 cm³/mol. The molecule has 7 nitrogen and oxygen atoms in total. The fourth-order valence-electron chi connectivity index (χ4n) is 3.98. The number of rotatable bonds is 3. The van der Waals surface area contributed by atoms with Crippen LogP contribution in [0.5, 0.6) is 5.75 Å². The van der Waals surface area contributed by atoms with Gasteiger partial charge in [0.1, 0.15) is 17.1 Å². The highest BCUT2D eigenvalue weighted by molar-refractivity contribution is 5.89. The summed E-state index contributed by atoms with van der Waals surface area (Å²) < 4.78 is 10.7. The Morgan fingerprint density at radius 3 is 2.34 bits per heavy atom. The van der Waals surface area contributed by atoms with Crippen molar-refractivity contribution in [2.24, 2.45) is 0 Å². The number of methoxy groups -OCH3 is 1. The van der Waals surface area contributed by atoms with E-state index in [-0.39, 0.29) is 17.8 Å². The topological polar surface area (TPSA) is 79.3 Å². The summed E-state index contributed by atoms with van der Waals surface area (Å²) in [4.78, 5) is 28.7. The van der Waals surface area contributed by atoms with Gasteiger partial charge in [-0.3, -0.25) is 4.79 Å². The Morgan fingerprint density at radius 2 is 1.79 bits per heavy atom. The average Bonchev–Trinajstić information content (AvgIpc) is 2.64. The van der Waals surface area contributed by atoms with E-state index in [0.717, 1.165) is 11.3 Å². The number of carbonyl (C=O) groups excluding carboxylic acids is 2. The zero-order valence-electron chi connectivity index (χ0n) is 17.6. The molecule has 1 aromatic carbocycles. The number of piperidine rings is 1. The monoisotopic (exact) mass is 402 g/mol. The maximum Gasteiger partial charge on any atom is 0.410 e. The SMILES string of the molecule is COc1ccc(CN2C(=O)C=C(O)CC23CCN(C(=O)OC(C)(C)C)CC3)cc1. The second-order valence-electron chi connectivity index (χ2n) is 8.78. The van der Waals surface area contributed by atoms with Crippen LogP contribution in [0.2, 0.25) is 0 Å². The van der Waals surface area contributed by atoms with Gasteiger partial charge in [-0.1, -0.05) is 12.1 Å². The van der Waals surface area contributed by atoms with E-state index in [1.165, 1.54) is 6.08 Å². The van der Waals surface area contributed by atoms with E-state index in [0.29, 0.717) is 38.9 Å². The summed E-state index contributed by atoms with van der Waals surface area (Å²) in [6, 6.07) is 7.62. The molecule has 0 aromatic heterocycles. The first-order valence-electron chi connectivity index (χ1n) is 9.94. The second-order valence-corrected chi connectivity index (χ2v) is 8.78. The van der Waals surface area contributed by atoms with Crippen molar-refractivity contribution in [3.63, 3.8) is 0 Å². The first-order chi connectivity index (χ1) is 13.6. The van der Waals surface area contributed by atoms with Gasteiger partial charge in [0.15, 0.2) is 0 Å². The summed E-state index contributed by atoms with van der Waals surface area (Å²) in [5.41, 5.74) is -0.0640. The number of benzene rings is 1. The van der Waals surface area contributed by atoms with Crippen molar-refractivity contribution in [1.29, 1.82) is 0 Å². The van der Waals surface area contributed by atoms with Crippen LogP contribution in [0.25, 0.3) is 0 Å². The van der Waals surface area contributed by atoms with Gasteiger partial charge >= 0.3 is 6.09 Å². The van der Waals surface area contributed by atoms with Gasteiger partial charge in [0.2, 0.25) is 0 Å². The minimum absolute atomic E-state index is 0.103. The molecule has 2 aliphatic rings. The molecule has 0 aliphatic carbocycles. The number of amides is 2. The first kappa shape index (κ1) is 21.0. The molecule has 1 spiro atoms. The quantitative estimate of drug-likeness (QED) is 0.835. The van der Waals surface area contributed by atoms with Crippen molar-refractivity contribution in [1.82, 2.24) is 9.80 Å². The van der Waals surface area contributed by atoms with Crippen molar-refractivity contribution in [2.75, 3.05) is 20.2 Å². The highest BCUT2D eigenvalue weighted by Gasteiger charge is 2.46. The lowest BCUT2D eigenvalue weighted by Gasteiger charge is -2.50. The van der Waals surface area contributed by atoms with Crippen LogP contribution in [0.1, 0.15) is 45.6 Å². The average molecular weight is 402 g/mol. The van der Waals surface area contributed by atoms with Gasteiger partial charge in [-0.15, -0.1) is 0 Å². The van der Waals surface area contributed by atoms with Gasteiger partial charge in [-0.25, -0.2) is 4.79 Å². The van der Waals surface area contributed by atoms with Gasteiger partial charge in [0.25, 0.3) is 5.91 Å². The molecule has 0 bridgehead atoms. The Bertz CT molecular complexity index is 786. The molecule has 0 radical (unpaired) electrons. The third-order valence-electron chi connectivity index (χ3n) is 5.48. The maximum atomic E-state index is 12.8. The van der Waals surface area contributed by atoms with E-state index in [9.17, 15) is 14.7 Å². The van der Waals surface area contributed by atoms with Crippen LogP contribution in [0.3, 0.4) is 0 Å². The summed E-state index contributed by atoms with van der Waals surface area (Å²) in [6.45, 7) is 6.93. The molecule has 0 saturated carbocycles. The van der Waals surface area contributed by atoms with Gasteiger partial charge in [0, 0.05) is 32.1 Å². The molecule has 0 unspecified atom stereocenters. The normalized spacial score (nSPS) is 19.2. The molecule has 29 heavy (non-hydrogen) atoms. The molecule has 2 heterocycles. The van der Waals surface area contributed by atoms with E-state index < -0.39 is 11.1 Å². The fraction of sp³-hybridized carbons (Fsp3) is 0.545. The molecular weight excluding hydrogens is 372 g/mol. The van der Waals surface area contributed by atoms with Gasteiger partial charge in [-0.05, 0) is 51.3 Å². The number of ether oxygens (including phenoxy) is 2. The third kappa shape index (κ3) is 4.83. The zero-order valence-corrected chi connectivity index (χ0v) is 17.6. The lowest BCUT2D eigenvalue weighted by molar-refractivity contribution is -0.137. The van der Waals surface area contributed by atoms with Gasteiger partial charge in [-0.2, -0.15) is 0 Å². The van der Waals surface area contributed by atoms with Crippen molar-refractivity contribution in [2.45, 2.75) is 57.7 Å². The van der Waals surface area contributed by atoms with E-state index in [1.807, 2.05) is 49.9 Å². The van der Waals surface area contributed by atoms with Gasteiger partial charge < -0.3 is 24.4 Å². The largest absolute Gasteiger partial charge is 0.512 e. The number of hydrogen-bond donors (Lipinski definition) is 1. The lowest BCUT2D eigenvalue weighted by Crippen LogP contribution is -2.59. The Kier molecular flexibility index (Phi) is 5.78. The lowest BCUT2D eigenvalue weighted by atomic mass is 9.79. The Labute approximate surface area is 171 Å². The maximum absolute atomic E-state index is 12.8. The number of carbonyl (C=O) groups is 2. The smallest absolute Gasteiger partial charge is 0.410 e. The molecule has 1 saturated heterocycles. The Balaban J connectivity index is 1.75. The molecule has 158 valence electrons. The van der Waals surface area contributed by atoms with Crippen molar-refractivity contribution >= 4 is 12.0 Å². The van der Waals surface area contributed by atoms with Crippen LogP contribution >= 0.6 is 0 Å². The second kappa shape index (κ2) is 7.97. The van der Waals surface area contributed by atoms with E-state index in [2.05, 4.69) is 0 Å². The zero-order chi connectivity index (χ0) is 21.2. The minimum atomic E-state index is -0.547. The summed E-state index contributed by atoms with van der Waals surface area (Å²) in [5, 5.41) is 10.2. The highest BCUT2D eigenvalue weighted by Crippen LogP contribution is 2.39. The minimum Gasteiger partial charge on any atom is -0.512 e. The molecule has 2 amide bonds. The van der Waals surface area contributed by atoms with Crippen LogP contribution in [0, 0.1) is 0 Å². The molecule has 1 fully saturated rings. The van der Waals surface area contributed by atoms with E-state index in [1.54, 1.807) is 12.0 Å². The van der Waals surface area contributed by atoms with Crippen molar-refractivity contribution in [3.05, 3.63) is 41.7 Å². The van der Waals surface area contributed by atoms with Gasteiger partial charge in [0.05, 0.1) is 12.6 Å². The van der Waals surface area contributed by atoms with Crippen molar-refractivity contribution in [3.8, 4) is 5.75 Å². The third-order valence-corrected chi connectivity index (χ3v) is 5.48. The number of nitrogens with zero attached hydrogens (tertiary/aromatic N) is 2. The van der Waals surface area contributed by atoms with Crippen LogP contribution in [0.15, 0.2) is 36.1 Å². The molecule has 7 heteroatoms. The molecule has 1 aromatic rings. The molecule has 1 N–H and O–H groups in total. The molecule has 2 aliphatic heterocycles. The van der Waals surface area contributed by atoms with E-state index >= 15 is 0 Å².